The van der Waals surface area contributed by atoms with E-state index >= 15 is 0 Å². The molecule has 39 heavy (non-hydrogen) atoms. The third-order valence-corrected chi connectivity index (χ3v) is 5.74. The van der Waals surface area contributed by atoms with Gasteiger partial charge in [0.05, 0.1) is 6.20 Å². The number of nitrogens with zero attached hydrogens (tertiary/aromatic N) is 2. The number of hydrogen-bond donors (Lipinski definition) is 3. The second-order valence-electron chi connectivity index (χ2n) is 8.33. The van der Waals surface area contributed by atoms with Crippen LogP contribution in [-0.4, -0.2) is 28.3 Å². The summed E-state index contributed by atoms with van der Waals surface area (Å²) in [6.07, 6.45) is -2.71. The summed E-state index contributed by atoms with van der Waals surface area (Å²) in [5, 5.41) is 9.79. The Hall–Kier alpha value is -4.51. The van der Waals surface area contributed by atoms with Crippen LogP contribution in [0.4, 0.5) is 46.4 Å². The second-order valence-corrected chi connectivity index (χ2v) is 8.74. The number of hydrogen-bond acceptors (Lipinski definition) is 6. The van der Waals surface area contributed by atoms with Crippen molar-refractivity contribution in [2.45, 2.75) is 19.0 Å². The molecular weight excluding hydrogens is 538 g/mol. The summed E-state index contributed by atoms with van der Waals surface area (Å²) in [5.41, 5.74) is 4.79. The van der Waals surface area contributed by atoms with Crippen molar-refractivity contribution in [1.82, 2.24) is 9.97 Å². The summed E-state index contributed by atoms with van der Waals surface area (Å²) in [6.45, 7) is 0. The van der Waals surface area contributed by atoms with Crippen LogP contribution >= 0.6 is 11.6 Å². The normalized spacial score (nSPS) is 12.1. The van der Waals surface area contributed by atoms with E-state index in [0.717, 1.165) is 28.9 Å². The van der Waals surface area contributed by atoms with Gasteiger partial charge in [-0.1, -0.05) is 23.7 Å². The average molecular weight is 558 g/mol. The third-order valence-electron chi connectivity index (χ3n) is 5.47. The van der Waals surface area contributed by atoms with Gasteiger partial charge in [0.25, 0.3) is 5.91 Å². The van der Waals surface area contributed by atoms with Gasteiger partial charge in [0.1, 0.15) is 10.8 Å². The standard InChI is InChI=1S/C25H19ClFN5O.C2HF3O/c26-21-14-28-25-30-19-3-1-2-15(12-19)4-5-17-13-20(29-23(21)32-25)10-11-22(17)31-24(33)16-6-8-18(27)9-7-16;3-2(4,5)1-6/h1-3,6-14H,4-5H2,(H,31,33)(H2,28,29,30,32);1H. The van der Waals surface area contributed by atoms with E-state index in [-0.39, 0.29) is 11.7 Å². The molecule has 0 atom stereocenters. The van der Waals surface area contributed by atoms with Crippen LogP contribution in [0.2, 0.25) is 5.02 Å². The molecular formula is C27H20ClF4N5O2. The Morgan fingerprint density at radius 2 is 1.69 bits per heavy atom. The number of amides is 1. The van der Waals surface area contributed by atoms with Crippen LogP contribution in [0.1, 0.15) is 21.5 Å². The lowest BCUT2D eigenvalue weighted by molar-refractivity contribution is -0.156. The number of nitrogens with one attached hydrogen (secondary N) is 3. The second kappa shape index (κ2) is 11.9. The fraction of sp³-hybridized carbons (Fsp3) is 0.111. The number of halogens is 5. The monoisotopic (exact) mass is 557 g/mol. The van der Waals surface area contributed by atoms with Gasteiger partial charge in [0.15, 0.2) is 5.82 Å². The number of aryl methyl sites for hydroxylation is 2. The molecule has 12 heteroatoms. The maximum Gasteiger partial charge on any atom is 0.446 e. The predicted octanol–water partition coefficient (Wildman–Crippen LogP) is 6.85. The van der Waals surface area contributed by atoms with E-state index in [1.54, 1.807) is 6.20 Å². The van der Waals surface area contributed by atoms with Crippen molar-refractivity contribution in [2.75, 3.05) is 16.0 Å². The van der Waals surface area contributed by atoms with Crippen LogP contribution < -0.4 is 16.0 Å². The van der Waals surface area contributed by atoms with Gasteiger partial charge in [0, 0.05) is 22.6 Å². The smallest absolute Gasteiger partial charge is 0.339 e. The van der Waals surface area contributed by atoms with Gasteiger partial charge >= 0.3 is 6.18 Å². The van der Waals surface area contributed by atoms with E-state index in [9.17, 15) is 22.4 Å². The van der Waals surface area contributed by atoms with Crippen molar-refractivity contribution in [1.29, 1.82) is 0 Å². The summed E-state index contributed by atoms with van der Waals surface area (Å²) in [7, 11) is 0. The van der Waals surface area contributed by atoms with Crippen molar-refractivity contribution in [3.63, 3.8) is 0 Å². The summed E-state index contributed by atoms with van der Waals surface area (Å²) >= 11 is 6.31. The van der Waals surface area contributed by atoms with Gasteiger partial charge < -0.3 is 16.0 Å². The highest BCUT2D eigenvalue weighted by atomic mass is 35.5. The minimum absolute atomic E-state index is 0.301. The molecule has 1 aliphatic rings. The van der Waals surface area contributed by atoms with Gasteiger partial charge in [-0.3, -0.25) is 9.59 Å². The summed E-state index contributed by atoms with van der Waals surface area (Å²) in [5.74, 6) is 0.216. The van der Waals surface area contributed by atoms with Crippen LogP contribution in [0.5, 0.6) is 0 Å². The molecule has 0 fully saturated rings. The summed E-state index contributed by atoms with van der Waals surface area (Å²) in [4.78, 5) is 30.2. The van der Waals surface area contributed by atoms with Crippen LogP contribution in [0.25, 0.3) is 0 Å². The number of anilines is 5. The topological polar surface area (TPSA) is 96.0 Å². The van der Waals surface area contributed by atoms with Crippen molar-refractivity contribution in [3.05, 3.63) is 100 Å². The molecule has 200 valence electrons. The number of fused-ring (bicyclic) bond motifs is 6. The molecule has 6 bridgehead atoms. The Labute approximate surface area is 225 Å². The predicted molar refractivity (Wildman–Crippen MR) is 140 cm³/mol. The van der Waals surface area contributed by atoms with Crippen LogP contribution in [0.15, 0.2) is 72.9 Å². The zero-order chi connectivity index (χ0) is 28.0. The number of aldehydes is 1. The van der Waals surface area contributed by atoms with E-state index in [1.165, 1.54) is 24.3 Å². The number of aromatic nitrogens is 2. The first-order valence-corrected chi connectivity index (χ1v) is 11.9. The van der Waals surface area contributed by atoms with Gasteiger partial charge in [-0.2, -0.15) is 18.2 Å². The summed E-state index contributed by atoms with van der Waals surface area (Å²) in [6, 6.07) is 19.1. The molecule has 0 saturated carbocycles. The highest BCUT2D eigenvalue weighted by molar-refractivity contribution is 6.32. The Bertz CT molecular complexity index is 1500. The number of alkyl halides is 3. The highest BCUT2D eigenvalue weighted by Crippen LogP contribution is 2.29. The van der Waals surface area contributed by atoms with Gasteiger partial charge in [-0.25, -0.2) is 9.37 Å². The molecule has 2 heterocycles. The largest absolute Gasteiger partial charge is 0.446 e. The SMILES string of the molecule is O=C(Nc1ccc2cc1CCc1cccc(c1)Nc1ncc(Cl)c(n1)N2)c1ccc(F)cc1.O=CC(F)(F)F. The molecule has 0 saturated heterocycles. The minimum atomic E-state index is -4.64. The number of rotatable bonds is 2. The maximum atomic E-state index is 13.2. The molecule has 5 rings (SSSR count). The fourth-order valence-corrected chi connectivity index (χ4v) is 3.80. The van der Waals surface area contributed by atoms with Crippen molar-refractivity contribution in [2.24, 2.45) is 0 Å². The molecule has 0 spiro atoms. The molecule has 0 aliphatic carbocycles. The Kier molecular flexibility index (Phi) is 8.40. The fourth-order valence-electron chi connectivity index (χ4n) is 3.66. The molecule has 4 aromatic rings. The zero-order valence-electron chi connectivity index (χ0n) is 20.0. The first-order valence-electron chi connectivity index (χ1n) is 11.5. The Morgan fingerprint density at radius 3 is 2.41 bits per heavy atom. The molecule has 7 nitrogen and oxygen atoms in total. The first kappa shape index (κ1) is 27.5. The van der Waals surface area contributed by atoms with Crippen LogP contribution in [0, 0.1) is 5.82 Å². The minimum Gasteiger partial charge on any atom is -0.339 e. The first-order chi connectivity index (χ1) is 18.6. The lowest BCUT2D eigenvalue weighted by atomic mass is 10.0. The maximum absolute atomic E-state index is 13.2. The van der Waals surface area contributed by atoms with E-state index < -0.39 is 12.5 Å². The molecule has 0 unspecified atom stereocenters. The van der Waals surface area contributed by atoms with Gasteiger partial charge in [-0.05, 0) is 78.6 Å². The lowest BCUT2D eigenvalue weighted by Gasteiger charge is -2.15. The lowest BCUT2D eigenvalue weighted by Crippen LogP contribution is -2.14. The van der Waals surface area contributed by atoms with Crippen molar-refractivity contribution >= 4 is 52.6 Å². The van der Waals surface area contributed by atoms with E-state index in [2.05, 4.69) is 32.0 Å². The number of carbonyl (C=O) groups excluding carboxylic acids is 2. The number of carbonyl (C=O) groups is 2. The summed E-state index contributed by atoms with van der Waals surface area (Å²) < 4.78 is 44.5. The highest BCUT2D eigenvalue weighted by Gasteiger charge is 2.25. The van der Waals surface area contributed by atoms with Gasteiger partial charge in [-0.15, -0.1) is 0 Å². The van der Waals surface area contributed by atoms with E-state index in [4.69, 9.17) is 16.4 Å². The van der Waals surface area contributed by atoms with Crippen LogP contribution in [-0.2, 0) is 17.6 Å². The molecule has 1 amide bonds. The number of benzene rings is 3. The van der Waals surface area contributed by atoms with E-state index in [0.29, 0.717) is 34.5 Å². The van der Waals surface area contributed by atoms with Crippen LogP contribution in [0.3, 0.4) is 0 Å². The molecule has 0 radical (unpaired) electrons. The quantitative estimate of drug-likeness (QED) is 0.184. The zero-order valence-corrected chi connectivity index (χ0v) is 20.8. The molecule has 3 N–H and O–H groups in total. The molecule has 1 aromatic heterocycles. The average Bonchev–Trinajstić information content (AvgIpc) is 2.91. The van der Waals surface area contributed by atoms with Crippen molar-refractivity contribution in [3.8, 4) is 0 Å². The Morgan fingerprint density at radius 1 is 0.974 bits per heavy atom. The third kappa shape index (κ3) is 7.74. The molecule has 1 aliphatic heterocycles. The van der Waals surface area contributed by atoms with E-state index in [1.807, 2.05) is 36.4 Å². The van der Waals surface area contributed by atoms with Gasteiger partial charge in [0.2, 0.25) is 12.2 Å². The molecule has 3 aromatic carbocycles. The Balaban J connectivity index is 0.000000531. The van der Waals surface area contributed by atoms with Crippen molar-refractivity contribution < 1.29 is 27.2 Å².